The van der Waals surface area contributed by atoms with Crippen LogP contribution in [0.3, 0.4) is 0 Å². The number of fused-ring (bicyclic) bond motifs is 1. The van der Waals surface area contributed by atoms with Crippen LogP contribution in [0, 0.1) is 0 Å². The molecule has 3 rings (SSSR count). The maximum Gasteiger partial charge on any atom is 0.323 e. The van der Waals surface area contributed by atoms with Crippen molar-refractivity contribution in [2.24, 2.45) is 0 Å². The van der Waals surface area contributed by atoms with Gasteiger partial charge >= 0.3 is 5.97 Å². The van der Waals surface area contributed by atoms with Crippen molar-refractivity contribution in [2.75, 3.05) is 7.11 Å². The van der Waals surface area contributed by atoms with Gasteiger partial charge in [-0.1, -0.05) is 61.2 Å². The summed E-state index contributed by atoms with van der Waals surface area (Å²) in [6, 6.07) is 16.7. The fourth-order valence-corrected chi connectivity index (χ4v) is 3.90. The fraction of sp³-hybridized carbons (Fsp3) is 0.250. The molecule has 1 heterocycles. The van der Waals surface area contributed by atoms with Gasteiger partial charge in [0, 0.05) is 6.54 Å². The summed E-state index contributed by atoms with van der Waals surface area (Å²) in [6.45, 7) is 2.55. The summed E-state index contributed by atoms with van der Waals surface area (Å²) in [5.74, 6) is -0.369. The van der Waals surface area contributed by atoms with Crippen LogP contribution in [0.15, 0.2) is 64.5 Å². The third-order valence-corrected chi connectivity index (χ3v) is 5.24. The molecule has 0 radical (unpaired) electrons. The van der Waals surface area contributed by atoms with E-state index >= 15 is 0 Å². The van der Waals surface area contributed by atoms with E-state index in [0.29, 0.717) is 22.6 Å². The minimum Gasteiger partial charge on any atom is -0.468 e. The third kappa shape index (κ3) is 3.65. The van der Waals surface area contributed by atoms with Gasteiger partial charge in [0.15, 0.2) is 5.16 Å². The first-order valence-electron chi connectivity index (χ1n) is 8.44. The molecular weight excluding hydrogens is 348 g/mol. The van der Waals surface area contributed by atoms with Gasteiger partial charge in [-0.3, -0.25) is 14.2 Å². The van der Waals surface area contributed by atoms with Crippen LogP contribution in [0.4, 0.5) is 0 Å². The monoisotopic (exact) mass is 368 g/mol. The van der Waals surface area contributed by atoms with Gasteiger partial charge in [-0.25, -0.2) is 4.98 Å². The Balaban J connectivity index is 2.11. The molecule has 0 aliphatic carbocycles. The summed E-state index contributed by atoms with van der Waals surface area (Å²) in [5.41, 5.74) is 1.36. The molecule has 26 heavy (non-hydrogen) atoms. The average Bonchev–Trinajstić information content (AvgIpc) is 2.69. The number of methoxy groups -OCH3 is 1. The lowest BCUT2D eigenvalue weighted by molar-refractivity contribution is -0.140. The van der Waals surface area contributed by atoms with Crippen LogP contribution in [-0.2, 0) is 16.1 Å². The highest BCUT2D eigenvalue weighted by atomic mass is 32.2. The maximum absolute atomic E-state index is 12.9. The van der Waals surface area contributed by atoms with Crippen molar-refractivity contribution < 1.29 is 9.53 Å². The molecule has 1 aromatic heterocycles. The molecule has 0 aliphatic rings. The SMILES string of the molecule is CCCn1c(SC(C(=O)OC)c2ccccc2)nc2ccccc2c1=O. The average molecular weight is 368 g/mol. The molecule has 3 aromatic rings. The number of carbonyl (C=O) groups excluding carboxylic acids is 1. The van der Waals surface area contributed by atoms with Gasteiger partial charge in [-0.05, 0) is 24.1 Å². The van der Waals surface area contributed by atoms with Crippen LogP contribution in [0.2, 0.25) is 0 Å². The lowest BCUT2D eigenvalue weighted by Crippen LogP contribution is -2.24. The topological polar surface area (TPSA) is 61.2 Å². The molecule has 1 unspecified atom stereocenters. The zero-order chi connectivity index (χ0) is 18.5. The molecule has 1 atom stereocenters. The lowest BCUT2D eigenvalue weighted by atomic mass is 10.1. The number of aromatic nitrogens is 2. The fourth-order valence-electron chi connectivity index (χ4n) is 2.75. The minimum absolute atomic E-state index is 0.0865. The van der Waals surface area contributed by atoms with Gasteiger partial charge < -0.3 is 4.74 Å². The van der Waals surface area contributed by atoms with Crippen LogP contribution in [0.5, 0.6) is 0 Å². The molecule has 5 nitrogen and oxygen atoms in total. The first-order chi connectivity index (χ1) is 12.7. The second kappa shape index (κ2) is 8.19. The summed E-state index contributed by atoms with van der Waals surface area (Å²) < 4.78 is 6.63. The predicted molar refractivity (Wildman–Crippen MR) is 103 cm³/mol. The summed E-state index contributed by atoms with van der Waals surface area (Å²) in [5, 5.41) is 0.520. The minimum atomic E-state index is -0.586. The van der Waals surface area contributed by atoms with Crippen LogP contribution in [-0.4, -0.2) is 22.6 Å². The molecule has 0 spiro atoms. The van der Waals surface area contributed by atoms with Crippen LogP contribution >= 0.6 is 11.8 Å². The van der Waals surface area contributed by atoms with Gasteiger partial charge in [0.05, 0.1) is 18.0 Å². The summed E-state index contributed by atoms with van der Waals surface area (Å²) in [6.07, 6.45) is 0.793. The zero-order valence-electron chi connectivity index (χ0n) is 14.7. The molecule has 0 bridgehead atoms. The molecule has 0 aliphatic heterocycles. The third-order valence-electron chi connectivity index (χ3n) is 4.01. The predicted octanol–water partition coefficient (Wildman–Crippen LogP) is 3.81. The molecule has 0 amide bonds. The summed E-state index contributed by atoms with van der Waals surface area (Å²) in [7, 11) is 1.37. The normalized spacial score (nSPS) is 12.1. The Morgan fingerprint density at radius 1 is 1.15 bits per heavy atom. The largest absolute Gasteiger partial charge is 0.468 e. The van der Waals surface area contributed by atoms with E-state index in [-0.39, 0.29) is 11.5 Å². The van der Waals surface area contributed by atoms with E-state index in [0.717, 1.165) is 12.0 Å². The van der Waals surface area contributed by atoms with Crippen molar-refractivity contribution in [2.45, 2.75) is 30.3 Å². The van der Waals surface area contributed by atoms with Crippen molar-refractivity contribution in [1.82, 2.24) is 9.55 Å². The van der Waals surface area contributed by atoms with Crippen molar-refractivity contribution in [3.8, 4) is 0 Å². The Morgan fingerprint density at radius 2 is 1.85 bits per heavy atom. The summed E-state index contributed by atoms with van der Waals surface area (Å²) in [4.78, 5) is 29.9. The Bertz CT molecular complexity index is 970. The van der Waals surface area contributed by atoms with Crippen molar-refractivity contribution in [3.05, 3.63) is 70.5 Å². The Labute approximate surface area is 156 Å². The number of carbonyl (C=O) groups is 1. The van der Waals surface area contributed by atoms with Gasteiger partial charge in [0.2, 0.25) is 0 Å². The second-order valence-electron chi connectivity index (χ2n) is 5.80. The van der Waals surface area contributed by atoms with Gasteiger partial charge in [0.1, 0.15) is 5.25 Å². The van der Waals surface area contributed by atoms with E-state index in [1.54, 1.807) is 10.6 Å². The number of para-hydroxylation sites is 1. The number of rotatable bonds is 6. The zero-order valence-corrected chi connectivity index (χ0v) is 15.5. The Morgan fingerprint density at radius 3 is 2.54 bits per heavy atom. The van der Waals surface area contributed by atoms with Crippen molar-refractivity contribution in [3.63, 3.8) is 0 Å². The Kier molecular flexibility index (Phi) is 5.73. The quantitative estimate of drug-likeness (QED) is 0.376. The lowest BCUT2D eigenvalue weighted by Gasteiger charge is -2.17. The highest BCUT2D eigenvalue weighted by Crippen LogP contribution is 2.35. The first kappa shape index (κ1) is 18.2. The standard InChI is InChI=1S/C20H20N2O3S/c1-3-13-22-18(23)15-11-7-8-12-16(15)21-20(22)26-17(19(24)25-2)14-9-5-4-6-10-14/h4-12,17H,3,13H2,1-2H3. The van der Waals surface area contributed by atoms with E-state index < -0.39 is 5.25 Å². The van der Waals surface area contributed by atoms with Crippen LogP contribution in [0.25, 0.3) is 10.9 Å². The number of hydrogen-bond donors (Lipinski definition) is 0. The van der Waals surface area contributed by atoms with Crippen molar-refractivity contribution in [1.29, 1.82) is 0 Å². The smallest absolute Gasteiger partial charge is 0.323 e. The van der Waals surface area contributed by atoms with E-state index in [9.17, 15) is 9.59 Å². The molecule has 0 saturated heterocycles. The number of esters is 1. The van der Waals surface area contributed by atoms with E-state index in [4.69, 9.17) is 4.74 Å². The molecule has 6 heteroatoms. The number of nitrogens with zero attached hydrogens (tertiary/aromatic N) is 2. The highest BCUT2D eigenvalue weighted by molar-refractivity contribution is 8.00. The van der Waals surface area contributed by atoms with Crippen LogP contribution < -0.4 is 5.56 Å². The van der Waals surface area contributed by atoms with Gasteiger partial charge in [0.25, 0.3) is 5.56 Å². The highest BCUT2D eigenvalue weighted by Gasteiger charge is 2.25. The molecule has 0 saturated carbocycles. The first-order valence-corrected chi connectivity index (χ1v) is 9.32. The number of ether oxygens (including phenoxy) is 1. The maximum atomic E-state index is 12.9. The molecule has 134 valence electrons. The number of thioether (sulfide) groups is 1. The molecule has 2 aromatic carbocycles. The number of hydrogen-bond acceptors (Lipinski definition) is 5. The number of benzene rings is 2. The summed E-state index contributed by atoms with van der Waals surface area (Å²) >= 11 is 1.25. The molecular formula is C20H20N2O3S. The van der Waals surface area contributed by atoms with E-state index in [1.165, 1.54) is 18.9 Å². The molecule has 0 fully saturated rings. The van der Waals surface area contributed by atoms with Crippen molar-refractivity contribution >= 4 is 28.6 Å². The van der Waals surface area contributed by atoms with Gasteiger partial charge in [-0.2, -0.15) is 0 Å². The Hall–Kier alpha value is -2.60. The second-order valence-corrected chi connectivity index (χ2v) is 6.87. The van der Waals surface area contributed by atoms with Gasteiger partial charge in [-0.15, -0.1) is 0 Å². The van der Waals surface area contributed by atoms with Crippen LogP contribution in [0.1, 0.15) is 24.2 Å². The molecule has 0 N–H and O–H groups in total. The van der Waals surface area contributed by atoms with E-state index in [2.05, 4.69) is 4.98 Å². The van der Waals surface area contributed by atoms with E-state index in [1.807, 2.05) is 55.5 Å².